The zero-order valence-corrected chi connectivity index (χ0v) is 16.4. The van der Waals surface area contributed by atoms with Crippen molar-refractivity contribution in [1.82, 2.24) is 9.78 Å². The molecule has 130 valence electrons. The lowest BCUT2D eigenvalue weighted by Crippen LogP contribution is -2.22. The van der Waals surface area contributed by atoms with Crippen molar-refractivity contribution in [3.05, 3.63) is 40.0 Å². The fourth-order valence-corrected chi connectivity index (χ4v) is 3.30. The molecule has 0 aliphatic carbocycles. The molecule has 24 heavy (non-hydrogen) atoms. The lowest BCUT2D eigenvalue weighted by molar-refractivity contribution is 0.0786. The van der Waals surface area contributed by atoms with Gasteiger partial charge in [-0.05, 0) is 34.1 Å². The highest BCUT2D eigenvalue weighted by atomic mass is 79.9. The Morgan fingerprint density at radius 3 is 2.58 bits per heavy atom. The molecule has 2 aromatic rings. The minimum absolute atomic E-state index is 0.201. The largest absolute Gasteiger partial charge is 0.360 e. The molecule has 0 spiro atoms. The average Bonchev–Trinajstić information content (AvgIpc) is 2.89. The summed E-state index contributed by atoms with van der Waals surface area (Å²) >= 11 is 3.18. The molecule has 0 bridgehead atoms. The standard InChI is InChI=1S/C16H19BrF2N2O2Si/c1-24(2,3)5-4-23-10-21-8-11(9-22)16(20-21)12-6-14(18)15(19)7-13(12)17/h6-9H,4-5,10H2,1-3H3. The third-order valence-electron chi connectivity index (χ3n) is 3.40. The summed E-state index contributed by atoms with van der Waals surface area (Å²) < 4.78 is 34.2. The second-order valence-corrected chi connectivity index (χ2v) is 13.2. The van der Waals surface area contributed by atoms with E-state index in [-0.39, 0.29) is 18.0 Å². The van der Waals surface area contributed by atoms with Crippen molar-refractivity contribution in [3.8, 4) is 11.3 Å². The van der Waals surface area contributed by atoms with Crippen LogP contribution >= 0.6 is 15.9 Å². The van der Waals surface area contributed by atoms with Crippen LogP contribution in [0.1, 0.15) is 10.4 Å². The first-order valence-electron chi connectivity index (χ1n) is 7.46. The SMILES string of the molecule is C[Si](C)(C)CCOCn1cc(C=O)c(-c2cc(F)c(F)cc2Br)n1. The lowest BCUT2D eigenvalue weighted by atomic mass is 10.1. The van der Waals surface area contributed by atoms with E-state index < -0.39 is 19.7 Å². The monoisotopic (exact) mass is 416 g/mol. The van der Waals surface area contributed by atoms with Gasteiger partial charge in [0.2, 0.25) is 0 Å². The molecule has 0 N–H and O–H groups in total. The van der Waals surface area contributed by atoms with Gasteiger partial charge in [-0.25, -0.2) is 13.5 Å². The number of hydrogen-bond donors (Lipinski definition) is 0. The average molecular weight is 417 g/mol. The number of halogens is 3. The Morgan fingerprint density at radius 2 is 1.96 bits per heavy atom. The van der Waals surface area contributed by atoms with Crippen molar-refractivity contribution < 1.29 is 18.3 Å². The van der Waals surface area contributed by atoms with Crippen molar-refractivity contribution >= 4 is 30.3 Å². The molecule has 0 atom stereocenters. The van der Waals surface area contributed by atoms with Gasteiger partial charge < -0.3 is 4.74 Å². The summed E-state index contributed by atoms with van der Waals surface area (Å²) in [5.74, 6) is -1.96. The van der Waals surface area contributed by atoms with Crippen LogP contribution in [-0.4, -0.2) is 30.7 Å². The third-order valence-corrected chi connectivity index (χ3v) is 5.76. The summed E-state index contributed by atoms with van der Waals surface area (Å²) in [6.07, 6.45) is 2.17. The van der Waals surface area contributed by atoms with Gasteiger partial charge in [0.25, 0.3) is 0 Å². The Labute approximate surface area is 149 Å². The molecule has 2 rings (SSSR count). The summed E-state index contributed by atoms with van der Waals surface area (Å²) in [6, 6.07) is 3.06. The van der Waals surface area contributed by atoms with E-state index in [9.17, 15) is 13.6 Å². The highest BCUT2D eigenvalue weighted by molar-refractivity contribution is 9.10. The summed E-state index contributed by atoms with van der Waals surface area (Å²) in [5.41, 5.74) is 0.886. The van der Waals surface area contributed by atoms with Gasteiger partial charge in [0.1, 0.15) is 12.4 Å². The molecule has 0 radical (unpaired) electrons. The number of carbonyl (C=O) groups excluding carboxylic acids is 1. The first-order valence-corrected chi connectivity index (χ1v) is 12.0. The Balaban J connectivity index is 2.19. The van der Waals surface area contributed by atoms with Crippen LogP contribution in [0.5, 0.6) is 0 Å². The number of carbonyl (C=O) groups is 1. The minimum Gasteiger partial charge on any atom is -0.360 e. The molecule has 0 saturated heterocycles. The lowest BCUT2D eigenvalue weighted by Gasteiger charge is -2.15. The van der Waals surface area contributed by atoms with Gasteiger partial charge in [-0.2, -0.15) is 5.10 Å². The van der Waals surface area contributed by atoms with Crippen LogP contribution in [0, 0.1) is 11.6 Å². The highest BCUT2D eigenvalue weighted by Gasteiger charge is 2.17. The molecule has 0 saturated carbocycles. The molecule has 8 heteroatoms. The van der Waals surface area contributed by atoms with E-state index in [1.165, 1.54) is 10.9 Å². The van der Waals surface area contributed by atoms with Gasteiger partial charge in [0, 0.05) is 30.9 Å². The Kier molecular flexibility index (Phi) is 6.05. The molecule has 1 aromatic heterocycles. The summed E-state index contributed by atoms with van der Waals surface area (Å²) in [4.78, 5) is 11.3. The van der Waals surface area contributed by atoms with Crippen LogP contribution in [0.15, 0.2) is 22.8 Å². The van der Waals surface area contributed by atoms with Crippen molar-refractivity contribution in [2.24, 2.45) is 0 Å². The topological polar surface area (TPSA) is 44.1 Å². The molecule has 0 aliphatic heterocycles. The van der Waals surface area contributed by atoms with E-state index >= 15 is 0 Å². The van der Waals surface area contributed by atoms with Crippen LogP contribution in [0.4, 0.5) is 8.78 Å². The van der Waals surface area contributed by atoms with Crippen LogP contribution in [0.25, 0.3) is 11.3 Å². The number of aromatic nitrogens is 2. The van der Waals surface area contributed by atoms with Gasteiger partial charge in [-0.15, -0.1) is 0 Å². The Hall–Kier alpha value is -1.38. The molecular formula is C16H19BrF2N2O2Si. The van der Waals surface area contributed by atoms with Crippen molar-refractivity contribution in [1.29, 1.82) is 0 Å². The number of rotatable bonds is 7. The summed E-state index contributed by atoms with van der Waals surface area (Å²) in [5, 5.41) is 4.27. The van der Waals surface area contributed by atoms with Gasteiger partial charge in [-0.3, -0.25) is 4.79 Å². The first-order chi connectivity index (χ1) is 11.2. The molecule has 0 aliphatic rings. The van der Waals surface area contributed by atoms with Crippen molar-refractivity contribution in [3.63, 3.8) is 0 Å². The highest BCUT2D eigenvalue weighted by Crippen LogP contribution is 2.31. The van der Waals surface area contributed by atoms with E-state index in [4.69, 9.17) is 4.74 Å². The van der Waals surface area contributed by atoms with Crippen molar-refractivity contribution in [2.45, 2.75) is 32.4 Å². The first kappa shape index (κ1) is 18.9. The van der Waals surface area contributed by atoms with E-state index in [1.54, 1.807) is 0 Å². The van der Waals surface area contributed by atoms with E-state index in [2.05, 4.69) is 40.7 Å². The number of ether oxygens (including phenoxy) is 1. The third kappa shape index (κ3) is 4.81. The molecule has 0 amide bonds. The van der Waals surface area contributed by atoms with Crippen LogP contribution in [0.2, 0.25) is 25.7 Å². The molecule has 0 fully saturated rings. The van der Waals surface area contributed by atoms with E-state index in [0.717, 1.165) is 18.2 Å². The molecular weight excluding hydrogens is 398 g/mol. The fraction of sp³-hybridized carbons (Fsp3) is 0.375. The summed E-state index contributed by atoms with van der Waals surface area (Å²) in [6.45, 7) is 7.59. The maximum absolute atomic E-state index is 13.5. The molecule has 0 unspecified atom stereocenters. The van der Waals surface area contributed by atoms with Gasteiger partial charge >= 0.3 is 0 Å². The predicted octanol–water partition coefficient (Wildman–Crippen LogP) is 4.72. The number of hydrogen-bond acceptors (Lipinski definition) is 3. The van der Waals surface area contributed by atoms with Crippen molar-refractivity contribution in [2.75, 3.05) is 6.61 Å². The Bertz CT molecular complexity index is 744. The molecule has 1 heterocycles. The molecule has 1 aromatic carbocycles. The normalized spacial score (nSPS) is 11.8. The maximum atomic E-state index is 13.5. The van der Waals surface area contributed by atoms with E-state index in [0.29, 0.717) is 22.9 Å². The van der Waals surface area contributed by atoms with Gasteiger partial charge in [0.05, 0.1) is 5.56 Å². The fourth-order valence-electron chi connectivity index (χ4n) is 2.04. The van der Waals surface area contributed by atoms with Gasteiger partial charge in [-0.1, -0.05) is 19.6 Å². The number of aldehydes is 1. The minimum atomic E-state index is -1.17. The number of benzene rings is 1. The second-order valence-electron chi connectivity index (χ2n) is 6.68. The van der Waals surface area contributed by atoms with E-state index in [1.807, 2.05) is 0 Å². The van der Waals surface area contributed by atoms with Crippen LogP contribution < -0.4 is 0 Å². The number of nitrogens with zero attached hydrogens (tertiary/aromatic N) is 2. The smallest absolute Gasteiger partial charge is 0.159 e. The van der Waals surface area contributed by atoms with Gasteiger partial charge in [0.15, 0.2) is 17.9 Å². The molecule has 4 nitrogen and oxygen atoms in total. The Morgan fingerprint density at radius 1 is 1.29 bits per heavy atom. The van der Waals surface area contributed by atoms with Crippen LogP contribution in [-0.2, 0) is 11.5 Å². The zero-order valence-electron chi connectivity index (χ0n) is 13.8. The summed E-state index contributed by atoms with van der Waals surface area (Å²) in [7, 11) is -1.17. The second kappa shape index (κ2) is 7.67. The predicted molar refractivity (Wildman–Crippen MR) is 94.8 cm³/mol. The van der Waals surface area contributed by atoms with Crippen LogP contribution in [0.3, 0.4) is 0 Å². The quantitative estimate of drug-likeness (QED) is 0.284. The maximum Gasteiger partial charge on any atom is 0.159 e. The zero-order chi connectivity index (χ0) is 17.9.